The van der Waals surface area contributed by atoms with Gasteiger partial charge in [0.1, 0.15) is 5.82 Å². The second-order valence-electron chi connectivity index (χ2n) is 6.76. The highest BCUT2D eigenvalue weighted by atomic mass is 19.1. The van der Waals surface area contributed by atoms with Crippen molar-refractivity contribution in [2.24, 2.45) is 5.92 Å². The molecular formula is C18H26FNO. The first-order chi connectivity index (χ1) is 10.1. The minimum Gasteiger partial charge on any atom is -0.375 e. The Hall–Kier alpha value is -0.930. The van der Waals surface area contributed by atoms with Gasteiger partial charge in [0, 0.05) is 12.6 Å². The molecule has 1 aromatic rings. The van der Waals surface area contributed by atoms with Crippen LogP contribution in [0.25, 0.3) is 0 Å². The summed E-state index contributed by atoms with van der Waals surface area (Å²) in [6, 6.07) is 5.36. The molecule has 0 amide bonds. The van der Waals surface area contributed by atoms with Crippen molar-refractivity contribution in [3.05, 3.63) is 35.1 Å². The van der Waals surface area contributed by atoms with E-state index in [1.54, 1.807) is 12.1 Å². The zero-order chi connectivity index (χ0) is 14.9. The van der Waals surface area contributed by atoms with Gasteiger partial charge in [0.15, 0.2) is 0 Å². The van der Waals surface area contributed by atoms with Crippen LogP contribution in [-0.2, 0) is 4.74 Å². The van der Waals surface area contributed by atoms with Crippen molar-refractivity contribution in [1.29, 1.82) is 0 Å². The minimum atomic E-state index is -0.140. The Morgan fingerprint density at radius 3 is 2.81 bits per heavy atom. The number of nitrogens with one attached hydrogen (secondary N) is 1. The minimum absolute atomic E-state index is 0.110. The predicted octanol–water partition coefficient (Wildman–Crippen LogP) is 4.13. The van der Waals surface area contributed by atoms with Crippen LogP contribution in [0, 0.1) is 18.7 Å². The van der Waals surface area contributed by atoms with Crippen LogP contribution in [0.1, 0.15) is 55.7 Å². The van der Waals surface area contributed by atoms with Crippen molar-refractivity contribution in [3.8, 4) is 0 Å². The summed E-state index contributed by atoms with van der Waals surface area (Å²) < 4.78 is 19.8. The molecule has 1 saturated heterocycles. The van der Waals surface area contributed by atoms with E-state index in [-0.39, 0.29) is 17.5 Å². The molecule has 1 aliphatic carbocycles. The molecular weight excluding hydrogens is 265 g/mol. The second kappa shape index (κ2) is 6.05. The molecule has 1 N–H and O–H groups in total. The summed E-state index contributed by atoms with van der Waals surface area (Å²) in [6.07, 6.45) is 7.13. The molecule has 3 heteroatoms. The Morgan fingerprint density at radius 2 is 2.10 bits per heavy atom. The van der Waals surface area contributed by atoms with Gasteiger partial charge in [-0.05, 0) is 68.8 Å². The fraction of sp³-hybridized carbons (Fsp3) is 0.667. The van der Waals surface area contributed by atoms with Crippen LogP contribution in [0.4, 0.5) is 4.39 Å². The lowest BCUT2D eigenvalue weighted by Gasteiger charge is -2.41. The summed E-state index contributed by atoms with van der Waals surface area (Å²) in [5.41, 5.74) is 2.39. The largest absolute Gasteiger partial charge is 0.375 e. The highest BCUT2D eigenvalue weighted by molar-refractivity contribution is 5.30. The fourth-order valence-corrected chi connectivity index (χ4v) is 4.31. The van der Waals surface area contributed by atoms with E-state index in [0.29, 0.717) is 5.92 Å². The molecule has 1 spiro atoms. The molecule has 116 valence electrons. The summed E-state index contributed by atoms with van der Waals surface area (Å²) >= 11 is 0. The van der Waals surface area contributed by atoms with E-state index < -0.39 is 0 Å². The first-order valence-corrected chi connectivity index (χ1v) is 8.21. The molecule has 2 fully saturated rings. The summed E-state index contributed by atoms with van der Waals surface area (Å²) in [5.74, 6) is 0.390. The monoisotopic (exact) mass is 291 g/mol. The molecule has 0 bridgehead atoms. The van der Waals surface area contributed by atoms with E-state index in [9.17, 15) is 4.39 Å². The van der Waals surface area contributed by atoms with Gasteiger partial charge in [-0.2, -0.15) is 0 Å². The van der Waals surface area contributed by atoms with E-state index in [1.165, 1.54) is 31.2 Å². The SMILES string of the molecule is CNC(c1cc(F)ccc1C)C1CCOC2(CCCC2)C1. The molecule has 2 aliphatic rings. The van der Waals surface area contributed by atoms with E-state index in [0.717, 1.165) is 25.0 Å². The molecule has 2 nitrogen and oxygen atoms in total. The highest BCUT2D eigenvalue weighted by Crippen LogP contribution is 2.45. The van der Waals surface area contributed by atoms with E-state index in [2.05, 4.69) is 12.2 Å². The lowest BCUT2D eigenvalue weighted by Crippen LogP contribution is -2.41. The van der Waals surface area contributed by atoms with Crippen LogP contribution in [0.15, 0.2) is 18.2 Å². The van der Waals surface area contributed by atoms with Gasteiger partial charge in [-0.3, -0.25) is 0 Å². The van der Waals surface area contributed by atoms with Crippen molar-refractivity contribution in [2.75, 3.05) is 13.7 Å². The van der Waals surface area contributed by atoms with Crippen molar-refractivity contribution in [1.82, 2.24) is 5.32 Å². The number of hydrogen-bond acceptors (Lipinski definition) is 2. The van der Waals surface area contributed by atoms with E-state index in [4.69, 9.17) is 4.74 Å². The number of hydrogen-bond donors (Lipinski definition) is 1. The van der Waals surface area contributed by atoms with E-state index >= 15 is 0 Å². The molecule has 0 radical (unpaired) electrons. The van der Waals surface area contributed by atoms with Gasteiger partial charge in [-0.15, -0.1) is 0 Å². The standard InChI is InChI=1S/C18H26FNO/c1-13-5-6-15(19)11-16(13)17(20-2)14-7-10-21-18(12-14)8-3-4-9-18/h5-6,11,14,17,20H,3-4,7-10,12H2,1-2H3. The maximum atomic E-state index is 13.7. The number of halogens is 1. The highest BCUT2D eigenvalue weighted by Gasteiger charge is 2.42. The molecule has 0 aromatic heterocycles. The quantitative estimate of drug-likeness (QED) is 0.904. The maximum Gasteiger partial charge on any atom is 0.123 e. The second-order valence-corrected chi connectivity index (χ2v) is 6.76. The van der Waals surface area contributed by atoms with Gasteiger partial charge < -0.3 is 10.1 Å². The van der Waals surface area contributed by atoms with Crippen LogP contribution in [0.2, 0.25) is 0 Å². The van der Waals surface area contributed by atoms with Crippen LogP contribution >= 0.6 is 0 Å². The zero-order valence-corrected chi connectivity index (χ0v) is 13.1. The average Bonchev–Trinajstić information content (AvgIpc) is 2.91. The summed E-state index contributed by atoms with van der Waals surface area (Å²) in [5, 5.41) is 3.44. The summed E-state index contributed by atoms with van der Waals surface area (Å²) in [4.78, 5) is 0. The van der Waals surface area contributed by atoms with Gasteiger partial charge in [-0.25, -0.2) is 4.39 Å². The first kappa shape index (κ1) is 15.0. The molecule has 3 rings (SSSR count). The third-order valence-electron chi connectivity index (χ3n) is 5.40. The number of benzene rings is 1. The molecule has 1 saturated carbocycles. The molecule has 21 heavy (non-hydrogen) atoms. The Morgan fingerprint density at radius 1 is 1.33 bits per heavy atom. The molecule has 1 heterocycles. The third-order valence-corrected chi connectivity index (χ3v) is 5.40. The Balaban J connectivity index is 1.84. The van der Waals surface area contributed by atoms with Gasteiger partial charge >= 0.3 is 0 Å². The van der Waals surface area contributed by atoms with Crippen LogP contribution in [0.5, 0.6) is 0 Å². The first-order valence-electron chi connectivity index (χ1n) is 8.21. The van der Waals surface area contributed by atoms with Crippen molar-refractivity contribution < 1.29 is 9.13 Å². The van der Waals surface area contributed by atoms with Crippen LogP contribution in [0.3, 0.4) is 0 Å². The van der Waals surface area contributed by atoms with Crippen LogP contribution < -0.4 is 5.32 Å². The van der Waals surface area contributed by atoms with Gasteiger partial charge in [0.25, 0.3) is 0 Å². The fourth-order valence-electron chi connectivity index (χ4n) is 4.31. The van der Waals surface area contributed by atoms with Gasteiger partial charge in [0.05, 0.1) is 5.60 Å². The van der Waals surface area contributed by atoms with Gasteiger partial charge in [0.2, 0.25) is 0 Å². The molecule has 1 aromatic carbocycles. The number of ether oxygens (including phenoxy) is 1. The zero-order valence-electron chi connectivity index (χ0n) is 13.1. The number of rotatable bonds is 3. The van der Waals surface area contributed by atoms with E-state index in [1.807, 2.05) is 13.1 Å². The summed E-state index contributed by atoms with van der Waals surface area (Å²) in [7, 11) is 1.99. The van der Waals surface area contributed by atoms with Crippen molar-refractivity contribution >= 4 is 0 Å². The molecule has 2 unspecified atom stereocenters. The topological polar surface area (TPSA) is 21.3 Å². The Labute approximate surface area is 127 Å². The summed E-state index contributed by atoms with van der Waals surface area (Å²) in [6.45, 7) is 2.92. The maximum absolute atomic E-state index is 13.7. The van der Waals surface area contributed by atoms with Crippen molar-refractivity contribution in [2.45, 2.75) is 57.1 Å². The molecule has 2 atom stereocenters. The lowest BCUT2D eigenvalue weighted by molar-refractivity contribution is -0.0979. The van der Waals surface area contributed by atoms with Crippen LogP contribution in [-0.4, -0.2) is 19.3 Å². The van der Waals surface area contributed by atoms with Crippen molar-refractivity contribution in [3.63, 3.8) is 0 Å². The smallest absolute Gasteiger partial charge is 0.123 e. The predicted molar refractivity (Wildman–Crippen MR) is 82.8 cm³/mol. The third kappa shape index (κ3) is 3.00. The average molecular weight is 291 g/mol. The lowest BCUT2D eigenvalue weighted by atomic mass is 9.78. The van der Waals surface area contributed by atoms with Gasteiger partial charge in [-0.1, -0.05) is 18.9 Å². The Kier molecular flexibility index (Phi) is 4.32. The number of aryl methyl sites for hydroxylation is 1. The Bertz CT molecular complexity index is 496. The molecule has 1 aliphatic heterocycles. The normalized spacial score (nSPS) is 26.1.